The van der Waals surface area contributed by atoms with Crippen molar-refractivity contribution in [3.63, 3.8) is 0 Å². The lowest BCUT2D eigenvalue weighted by molar-refractivity contribution is 0.499. The molecule has 0 aliphatic rings. The topological polar surface area (TPSA) is 24.9 Å². The Bertz CT molecular complexity index is 453. The maximum Gasteiger partial charge on any atom is 0.0324 e. The largest absolute Gasteiger partial charge is 0.310 e. The molecule has 2 nitrogen and oxygen atoms in total. The van der Waals surface area contributed by atoms with Gasteiger partial charge in [0.2, 0.25) is 0 Å². The molecule has 100 valence electrons. The van der Waals surface area contributed by atoms with Crippen molar-refractivity contribution in [3.05, 3.63) is 66.0 Å². The Labute approximate surface area is 115 Å². The van der Waals surface area contributed by atoms with Gasteiger partial charge in [0.25, 0.3) is 0 Å². The van der Waals surface area contributed by atoms with E-state index in [1.807, 2.05) is 12.4 Å². The third-order valence-corrected chi connectivity index (χ3v) is 3.31. The third kappa shape index (κ3) is 4.49. The zero-order valence-electron chi connectivity index (χ0n) is 11.5. The van der Waals surface area contributed by atoms with Crippen LogP contribution in [0.3, 0.4) is 0 Å². The molecule has 19 heavy (non-hydrogen) atoms. The normalized spacial score (nSPS) is 12.3. The highest BCUT2D eigenvalue weighted by molar-refractivity contribution is 5.18. The average molecular weight is 254 g/mol. The molecule has 2 rings (SSSR count). The van der Waals surface area contributed by atoms with Crippen LogP contribution in [0, 0.1) is 0 Å². The second-order valence-electron chi connectivity index (χ2n) is 4.81. The molecule has 1 atom stereocenters. The molecule has 2 aromatic rings. The number of nitrogens with zero attached hydrogens (tertiary/aromatic N) is 1. The highest BCUT2D eigenvalue weighted by Gasteiger charge is 2.10. The fourth-order valence-electron chi connectivity index (χ4n) is 2.26. The molecule has 0 saturated carbocycles. The lowest BCUT2D eigenvalue weighted by atomic mass is 9.99. The molecule has 0 saturated heterocycles. The van der Waals surface area contributed by atoms with Gasteiger partial charge in [-0.1, -0.05) is 37.3 Å². The molecule has 0 aliphatic carbocycles. The zero-order valence-corrected chi connectivity index (χ0v) is 11.5. The Morgan fingerprint density at radius 2 is 1.79 bits per heavy atom. The van der Waals surface area contributed by atoms with Gasteiger partial charge in [-0.25, -0.2) is 0 Å². The van der Waals surface area contributed by atoms with E-state index in [-0.39, 0.29) is 0 Å². The number of nitrogens with one attached hydrogen (secondary N) is 1. The van der Waals surface area contributed by atoms with Gasteiger partial charge >= 0.3 is 0 Å². The van der Waals surface area contributed by atoms with Crippen LogP contribution in [0.15, 0.2) is 54.9 Å². The van der Waals surface area contributed by atoms with Crippen molar-refractivity contribution in [1.82, 2.24) is 10.3 Å². The summed E-state index contributed by atoms with van der Waals surface area (Å²) in [5.41, 5.74) is 2.74. The molecule has 0 fully saturated rings. The summed E-state index contributed by atoms with van der Waals surface area (Å²) in [5.74, 6) is 0. The molecule has 0 spiro atoms. The van der Waals surface area contributed by atoms with E-state index in [2.05, 4.69) is 59.7 Å². The first-order chi connectivity index (χ1) is 9.40. The van der Waals surface area contributed by atoms with Crippen LogP contribution in [0.25, 0.3) is 0 Å². The van der Waals surface area contributed by atoms with Gasteiger partial charge in [0.05, 0.1) is 0 Å². The van der Waals surface area contributed by atoms with Gasteiger partial charge in [0, 0.05) is 18.4 Å². The van der Waals surface area contributed by atoms with Crippen molar-refractivity contribution >= 4 is 0 Å². The van der Waals surface area contributed by atoms with Gasteiger partial charge in [-0.05, 0) is 49.1 Å². The van der Waals surface area contributed by atoms with Crippen LogP contribution in [0.4, 0.5) is 0 Å². The summed E-state index contributed by atoms with van der Waals surface area (Å²) in [4.78, 5) is 4.10. The van der Waals surface area contributed by atoms with Crippen LogP contribution in [-0.2, 0) is 6.42 Å². The van der Waals surface area contributed by atoms with Gasteiger partial charge in [-0.2, -0.15) is 0 Å². The molecule has 0 bridgehead atoms. The number of rotatable bonds is 7. The van der Waals surface area contributed by atoms with Gasteiger partial charge in [-0.15, -0.1) is 0 Å². The first-order valence-electron chi connectivity index (χ1n) is 7.07. The monoisotopic (exact) mass is 254 g/mol. The van der Waals surface area contributed by atoms with Crippen LogP contribution in [0.1, 0.15) is 36.9 Å². The molecule has 2 heteroatoms. The summed E-state index contributed by atoms with van der Waals surface area (Å²) in [5, 5.41) is 3.63. The van der Waals surface area contributed by atoms with Crippen molar-refractivity contribution in [2.24, 2.45) is 0 Å². The van der Waals surface area contributed by atoms with E-state index in [0.717, 1.165) is 25.8 Å². The Morgan fingerprint density at radius 1 is 1.05 bits per heavy atom. The van der Waals surface area contributed by atoms with Crippen molar-refractivity contribution in [2.45, 2.75) is 32.2 Å². The number of hydrogen-bond acceptors (Lipinski definition) is 2. The number of aromatic nitrogens is 1. The Kier molecular flexibility index (Phi) is 5.57. The quantitative estimate of drug-likeness (QED) is 0.814. The molecule has 1 N–H and O–H groups in total. The second kappa shape index (κ2) is 7.70. The highest BCUT2D eigenvalue weighted by atomic mass is 14.9. The zero-order chi connectivity index (χ0) is 13.3. The molecule has 0 aliphatic heterocycles. The fourth-order valence-corrected chi connectivity index (χ4v) is 2.26. The minimum absolute atomic E-state index is 0.420. The molecule has 0 radical (unpaired) electrons. The number of pyridine rings is 1. The maximum absolute atomic E-state index is 4.10. The van der Waals surface area contributed by atoms with Crippen LogP contribution in [-0.4, -0.2) is 11.5 Å². The Hall–Kier alpha value is -1.67. The summed E-state index contributed by atoms with van der Waals surface area (Å²) >= 11 is 0. The number of aryl methyl sites for hydroxylation is 1. The van der Waals surface area contributed by atoms with Crippen LogP contribution in [0.5, 0.6) is 0 Å². The smallest absolute Gasteiger partial charge is 0.0324 e. The van der Waals surface area contributed by atoms with Crippen LogP contribution < -0.4 is 5.32 Å². The van der Waals surface area contributed by atoms with Gasteiger partial charge in [-0.3, -0.25) is 4.98 Å². The highest BCUT2D eigenvalue weighted by Crippen LogP contribution is 2.18. The van der Waals surface area contributed by atoms with E-state index < -0.39 is 0 Å². The minimum atomic E-state index is 0.420. The summed E-state index contributed by atoms with van der Waals surface area (Å²) < 4.78 is 0. The van der Waals surface area contributed by atoms with E-state index in [9.17, 15) is 0 Å². The van der Waals surface area contributed by atoms with E-state index >= 15 is 0 Å². The summed E-state index contributed by atoms with van der Waals surface area (Å²) in [6, 6.07) is 15.3. The van der Waals surface area contributed by atoms with Crippen molar-refractivity contribution < 1.29 is 0 Å². The van der Waals surface area contributed by atoms with Gasteiger partial charge < -0.3 is 5.32 Å². The van der Waals surface area contributed by atoms with Crippen molar-refractivity contribution in [2.75, 3.05) is 6.54 Å². The third-order valence-electron chi connectivity index (χ3n) is 3.31. The second-order valence-corrected chi connectivity index (χ2v) is 4.81. The Balaban J connectivity index is 1.98. The first kappa shape index (κ1) is 13.8. The molecule has 1 aromatic heterocycles. The molecule has 1 heterocycles. The molecule has 1 unspecified atom stereocenters. The summed E-state index contributed by atoms with van der Waals surface area (Å²) in [6.45, 7) is 3.26. The molecule has 1 aromatic carbocycles. The molecule has 0 amide bonds. The van der Waals surface area contributed by atoms with E-state index in [1.165, 1.54) is 11.1 Å². The predicted molar refractivity (Wildman–Crippen MR) is 80.0 cm³/mol. The van der Waals surface area contributed by atoms with Crippen LogP contribution in [0.2, 0.25) is 0 Å². The first-order valence-corrected chi connectivity index (χ1v) is 7.07. The lowest BCUT2D eigenvalue weighted by Gasteiger charge is -2.18. The van der Waals surface area contributed by atoms with Crippen molar-refractivity contribution in [3.8, 4) is 0 Å². The molecular weight excluding hydrogens is 232 g/mol. The number of benzene rings is 1. The fraction of sp³-hybridized carbons (Fsp3) is 0.353. The number of hydrogen-bond donors (Lipinski definition) is 1. The average Bonchev–Trinajstić information content (AvgIpc) is 2.49. The summed E-state index contributed by atoms with van der Waals surface area (Å²) in [7, 11) is 0. The minimum Gasteiger partial charge on any atom is -0.310 e. The predicted octanol–water partition coefficient (Wildman–Crippen LogP) is 3.76. The maximum atomic E-state index is 4.10. The van der Waals surface area contributed by atoms with Gasteiger partial charge in [0.15, 0.2) is 0 Å². The molecular formula is C17H22N2. The van der Waals surface area contributed by atoms with Crippen LogP contribution >= 0.6 is 0 Å². The Morgan fingerprint density at radius 3 is 2.47 bits per heavy atom. The van der Waals surface area contributed by atoms with Gasteiger partial charge in [0.1, 0.15) is 0 Å². The van der Waals surface area contributed by atoms with E-state index in [1.54, 1.807) is 0 Å². The summed E-state index contributed by atoms with van der Waals surface area (Å²) in [6.07, 6.45) is 7.13. The SMILES string of the molecule is CCCNC(CCc1ccccc1)c1ccncc1. The lowest BCUT2D eigenvalue weighted by Crippen LogP contribution is -2.22. The van der Waals surface area contributed by atoms with Crippen molar-refractivity contribution in [1.29, 1.82) is 0 Å². The van der Waals surface area contributed by atoms with E-state index in [0.29, 0.717) is 6.04 Å². The van der Waals surface area contributed by atoms with E-state index in [4.69, 9.17) is 0 Å². The standard InChI is InChI=1S/C17H22N2/c1-2-12-19-17(16-10-13-18-14-11-16)9-8-15-6-4-3-5-7-15/h3-7,10-11,13-14,17,19H,2,8-9,12H2,1H3.